The molecule has 2 rings (SSSR count). The standard InChI is InChI=1S/C17H14Cl2N2O/c1-12(7-8-13-5-3-2-4-6-13)20-21-17(22)14-9-10-15(18)16(19)11-14/h2-11H,1H3,(H,21,22)/b8-7+,20-12+. The minimum absolute atomic E-state index is 0.332. The summed E-state index contributed by atoms with van der Waals surface area (Å²) < 4.78 is 0. The normalized spacial score (nSPS) is 11.7. The van der Waals surface area contributed by atoms with Gasteiger partial charge in [-0.05, 0) is 36.8 Å². The number of hydrogen-bond donors (Lipinski definition) is 1. The van der Waals surface area contributed by atoms with Gasteiger partial charge < -0.3 is 0 Å². The molecule has 22 heavy (non-hydrogen) atoms. The van der Waals surface area contributed by atoms with Crippen LogP contribution in [0.3, 0.4) is 0 Å². The number of hydrazone groups is 1. The van der Waals surface area contributed by atoms with Crippen molar-refractivity contribution in [2.24, 2.45) is 5.10 Å². The number of carbonyl (C=O) groups excluding carboxylic acids is 1. The summed E-state index contributed by atoms with van der Waals surface area (Å²) in [5.74, 6) is -0.342. The molecule has 1 amide bonds. The Kier molecular flexibility index (Phi) is 5.75. The van der Waals surface area contributed by atoms with Crippen molar-refractivity contribution < 1.29 is 4.79 Å². The van der Waals surface area contributed by atoms with Crippen molar-refractivity contribution in [3.8, 4) is 0 Å². The summed E-state index contributed by atoms with van der Waals surface area (Å²) in [5.41, 5.74) is 4.62. The number of amides is 1. The van der Waals surface area contributed by atoms with Crippen LogP contribution in [0.15, 0.2) is 59.7 Å². The van der Waals surface area contributed by atoms with Gasteiger partial charge in [-0.25, -0.2) is 5.43 Å². The molecule has 5 heteroatoms. The number of nitrogens with one attached hydrogen (secondary N) is 1. The van der Waals surface area contributed by atoms with Crippen LogP contribution in [0.4, 0.5) is 0 Å². The predicted octanol–water partition coefficient (Wildman–Crippen LogP) is 4.81. The van der Waals surface area contributed by atoms with Crippen molar-refractivity contribution >= 4 is 40.9 Å². The third-order valence-corrected chi connectivity index (χ3v) is 3.57. The zero-order valence-electron chi connectivity index (χ0n) is 11.9. The predicted molar refractivity (Wildman–Crippen MR) is 92.5 cm³/mol. The molecule has 0 aliphatic heterocycles. The van der Waals surface area contributed by atoms with Crippen LogP contribution in [-0.2, 0) is 0 Å². The Balaban J connectivity index is 1.99. The van der Waals surface area contributed by atoms with E-state index in [0.717, 1.165) is 5.56 Å². The van der Waals surface area contributed by atoms with Gasteiger partial charge in [0.05, 0.1) is 15.8 Å². The fourth-order valence-corrected chi connectivity index (χ4v) is 1.96. The fourth-order valence-electron chi connectivity index (χ4n) is 1.66. The van der Waals surface area contributed by atoms with E-state index in [-0.39, 0.29) is 5.91 Å². The van der Waals surface area contributed by atoms with E-state index < -0.39 is 0 Å². The summed E-state index contributed by atoms with van der Waals surface area (Å²) in [6.45, 7) is 1.80. The highest BCUT2D eigenvalue weighted by Gasteiger charge is 2.06. The maximum absolute atomic E-state index is 11.9. The average Bonchev–Trinajstić information content (AvgIpc) is 2.54. The molecular weight excluding hydrogens is 319 g/mol. The molecule has 0 aliphatic rings. The Morgan fingerprint density at radius 2 is 1.82 bits per heavy atom. The van der Waals surface area contributed by atoms with Crippen molar-refractivity contribution in [1.82, 2.24) is 5.43 Å². The minimum Gasteiger partial charge on any atom is -0.267 e. The number of hydrogen-bond acceptors (Lipinski definition) is 2. The molecule has 0 radical (unpaired) electrons. The maximum Gasteiger partial charge on any atom is 0.271 e. The number of carbonyl (C=O) groups is 1. The lowest BCUT2D eigenvalue weighted by Gasteiger charge is -2.02. The van der Waals surface area contributed by atoms with Crippen LogP contribution in [0.25, 0.3) is 6.08 Å². The number of benzene rings is 2. The van der Waals surface area contributed by atoms with Crippen molar-refractivity contribution in [1.29, 1.82) is 0 Å². The van der Waals surface area contributed by atoms with Crippen molar-refractivity contribution in [2.45, 2.75) is 6.92 Å². The van der Waals surface area contributed by atoms with Gasteiger partial charge in [0, 0.05) is 5.56 Å². The molecular formula is C17H14Cl2N2O. The summed E-state index contributed by atoms with van der Waals surface area (Å²) in [7, 11) is 0. The molecule has 0 heterocycles. The Bertz CT molecular complexity index is 725. The smallest absolute Gasteiger partial charge is 0.267 e. The van der Waals surface area contributed by atoms with Crippen molar-refractivity contribution in [2.75, 3.05) is 0 Å². The van der Waals surface area contributed by atoms with E-state index in [2.05, 4.69) is 10.5 Å². The van der Waals surface area contributed by atoms with Crippen LogP contribution in [0.5, 0.6) is 0 Å². The fraction of sp³-hybridized carbons (Fsp3) is 0.0588. The van der Waals surface area contributed by atoms with Gasteiger partial charge in [0.2, 0.25) is 0 Å². The molecule has 0 saturated carbocycles. The Morgan fingerprint density at radius 3 is 2.50 bits per heavy atom. The first-order valence-electron chi connectivity index (χ1n) is 6.59. The van der Waals surface area contributed by atoms with E-state index >= 15 is 0 Å². The zero-order valence-corrected chi connectivity index (χ0v) is 13.4. The maximum atomic E-state index is 11.9. The molecule has 0 bridgehead atoms. The molecule has 0 spiro atoms. The van der Waals surface area contributed by atoms with Gasteiger partial charge in [0.15, 0.2) is 0 Å². The van der Waals surface area contributed by atoms with E-state index in [1.807, 2.05) is 42.5 Å². The third kappa shape index (κ3) is 4.72. The summed E-state index contributed by atoms with van der Waals surface area (Å²) in [5, 5.41) is 4.76. The lowest BCUT2D eigenvalue weighted by atomic mass is 10.2. The van der Waals surface area contributed by atoms with Gasteiger partial charge in [-0.2, -0.15) is 5.10 Å². The van der Waals surface area contributed by atoms with Gasteiger partial charge in [0.25, 0.3) is 5.91 Å². The highest BCUT2D eigenvalue weighted by Crippen LogP contribution is 2.22. The Labute approximate surface area is 139 Å². The average molecular weight is 333 g/mol. The van der Waals surface area contributed by atoms with Crippen LogP contribution >= 0.6 is 23.2 Å². The van der Waals surface area contributed by atoms with E-state index in [4.69, 9.17) is 23.2 Å². The van der Waals surface area contributed by atoms with E-state index in [0.29, 0.717) is 21.3 Å². The first-order chi connectivity index (χ1) is 10.6. The Morgan fingerprint density at radius 1 is 1.09 bits per heavy atom. The Hall–Kier alpha value is -2.10. The number of nitrogens with zero attached hydrogens (tertiary/aromatic N) is 1. The number of allylic oxidation sites excluding steroid dienone is 1. The van der Waals surface area contributed by atoms with Gasteiger partial charge in [-0.15, -0.1) is 0 Å². The highest BCUT2D eigenvalue weighted by atomic mass is 35.5. The first-order valence-corrected chi connectivity index (χ1v) is 7.34. The lowest BCUT2D eigenvalue weighted by Crippen LogP contribution is -2.18. The summed E-state index contributed by atoms with van der Waals surface area (Å²) >= 11 is 11.7. The van der Waals surface area contributed by atoms with Gasteiger partial charge in [0.1, 0.15) is 0 Å². The molecule has 1 N–H and O–H groups in total. The molecule has 0 fully saturated rings. The topological polar surface area (TPSA) is 41.5 Å². The largest absolute Gasteiger partial charge is 0.271 e. The van der Waals surface area contributed by atoms with Gasteiger partial charge >= 0.3 is 0 Å². The summed E-state index contributed by atoms with van der Waals surface area (Å²) in [6.07, 6.45) is 3.74. The SMILES string of the molecule is CC(/C=C/c1ccccc1)=N\NC(=O)c1ccc(Cl)c(Cl)c1. The highest BCUT2D eigenvalue weighted by molar-refractivity contribution is 6.42. The van der Waals surface area contributed by atoms with Crippen molar-refractivity contribution in [3.05, 3.63) is 75.8 Å². The van der Waals surface area contributed by atoms with Crippen LogP contribution in [0, 0.1) is 0 Å². The monoisotopic (exact) mass is 332 g/mol. The van der Waals surface area contributed by atoms with Crippen molar-refractivity contribution in [3.63, 3.8) is 0 Å². The molecule has 3 nitrogen and oxygen atoms in total. The summed E-state index contributed by atoms with van der Waals surface area (Å²) in [4.78, 5) is 11.9. The second-order valence-corrected chi connectivity index (χ2v) is 5.38. The first kappa shape index (κ1) is 16.3. The second kappa shape index (κ2) is 7.78. The molecule has 0 atom stereocenters. The molecule has 2 aromatic rings. The molecule has 2 aromatic carbocycles. The molecule has 0 aromatic heterocycles. The van der Waals surface area contributed by atoms with E-state index in [1.165, 1.54) is 6.07 Å². The zero-order chi connectivity index (χ0) is 15.9. The minimum atomic E-state index is -0.342. The second-order valence-electron chi connectivity index (χ2n) is 4.57. The van der Waals surface area contributed by atoms with Crippen LogP contribution in [-0.4, -0.2) is 11.6 Å². The molecule has 112 valence electrons. The van der Waals surface area contributed by atoms with E-state index in [9.17, 15) is 4.79 Å². The van der Waals surface area contributed by atoms with Gasteiger partial charge in [-0.3, -0.25) is 4.79 Å². The number of halogens is 2. The van der Waals surface area contributed by atoms with Crippen LogP contribution in [0.1, 0.15) is 22.8 Å². The molecule has 0 saturated heterocycles. The molecule has 0 aliphatic carbocycles. The molecule has 0 unspecified atom stereocenters. The number of rotatable bonds is 4. The van der Waals surface area contributed by atoms with Crippen LogP contribution < -0.4 is 5.43 Å². The lowest BCUT2D eigenvalue weighted by molar-refractivity contribution is 0.0955. The van der Waals surface area contributed by atoms with Gasteiger partial charge in [-0.1, -0.05) is 59.6 Å². The quantitative estimate of drug-likeness (QED) is 0.633. The van der Waals surface area contributed by atoms with Crippen LogP contribution in [0.2, 0.25) is 10.0 Å². The van der Waals surface area contributed by atoms with E-state index in [1.54, 1.807) is 19.1 Å². The third-order valence-electron chi connectivity index (χ3n) is 2.83. The summed E-state index contributed by atoms with van der Waals surface area (Å²) in [6, 6.07) is 14.5.